The van der Waals surface area contributed by atoms with E-state index >= 15 is 0 Å². The van der Waals surface area contributed by atoms with Crippen LogP contribution in [-0.2, 0) is 24.1 Å². The van der Waals surface area contributed by atoms with E-state index in [4.69, 9.17) is 14.5 Å². The summed E-state index contributed by atoms with van der Waals surface area (Å²) in [5, 5.41) is 0. The van der Waals surface area contributed by atoms with Crippen molar-refractivity contribution in [2.75, 3.05) is 13.2 Å². The predicted molar refractivity (Wildman–Crippen MR) is 219 cm³/mol. The second-order valence-corrected chi connectivity index (χ2v) is 15.7. The van der Waals surface area contributed by atoms with Crippen molar-refractivity contribution >= 4 is 11.9 Å². The SMILES string of the molecule is CCCCCCCCCCCCCCCCCCCCCC(=O)OCCOOC(=O)CCCCCCCCCCCCCCCCCCCCC. The van der Waals surface area contributed by atoms with E-state index in [1.807, 2.05) is 0 Å². The van der Waals surface area contributed by atoms with Gasteiger partial charge < -0.3 is 4.74 Å². The first-order valence-electron chi connectivity index (χ1n) is 23.2. The summed E-state index contributed by atoms with van der Waals surface area (Å²) < 4.78 is 5.21. The summed E-state index contributed by atoms with van der Waals surface area (Å²) in [5.74, 6) is -0.520. The van der Waals surface area contributed by atoms with Gasteiger partial charge in [0, 0.05) is 12.8 Å². The molecule has 0 aliphatic carbocycles. The highest BCUT2D eigenvalue weighted by Gasteiger charge is 2.06. The van der Waals surface area contributed by atoms with Crippen molar-refractivity contribution in [1.29, 1.82) is 0 Å². The van der Waals surface area contributed by atoms with E-state index in [1.54, 1.807) is 0 Å². The zero-order valence-corrected chi connectivity index (χ0v) is 34.7. The van der Waals surface area contributed by atoms with E-state index in [2.05, 4.69) is 13.8 Å². The van der Waals surface area contributed by atoms with E-state index in [-0.39, 0.29) is 25.2 Å². The molecule has 0 fully saturated rings. The smallest absolute Gasteiger partial charge is 0.342 e. The van der Waals surface area contributed by atoms with Gasteiger partial charge in [-0.2, -0.15) is 4.89 Å². The highest BCUT2D eigenvalue weighted by atomic mass is 17.2. The van der Waals surface area contributed by atoms with Crippen LogP contribution in [0, 0.1) is 0 Å². The quantitative estimate of drug-likeness (QED) is 0.0271. The van der Waals surface area contributed by atoms with Crippen LogP contribution in [0.2, 0.25) is 0 Å². The van der Waals surface area contributed by atoms with E-state index in [1.165, 1.54) is 218 Å². The van der Waals surface area contributed by atoms with Crippen LogP contribution in [0.4, 0.5) is 0 Å². The van der Waals surface area contributed by atoms with Crippen LogP contribution in [0.3, 0.4) is 0 Å². The molecule has 0 aromatic rings. The van der Waals surface area contributed by atoms with Crippen molar-refractivity contribution in [1.82, 2.24) is 0 Å². The molecule has 0 unspecified atom stereocenters. The lowest BCUT2D eigenvalue weighted by Gasteiger charge is -2.06. The molecule has 304 valence electrons. The maximum Gasteiger partial charge on any atom is 0.342 e. The minimum Gasteiger partial charge on any atom is -0.463 e. The Balaban J connectivity index is 3.24. The van der Waals surface area contributed by atoms with Crippen molar-refractivity contribution in [2.24, 2.45) is 0 Å². The molecule has 0 aliphatic rings. The van der Waals surface area contributed by atoms with E-state index in [0.29, 0.717) is 12.8 Å². The molecular formula is C46H90O5. The van der Waals surface area contributed by atoms with Crippen LogP contribution in [0.15, 0.2) is 0 Å². The van der Waals surface area contributed by atoms with Crippen molar-refractivity contribution in [3.05, 3.63) is 0 Å². The summed E-state index contributed by atoms with van der Waals surface area (Å²) in [6.07, 6.45) is 51.8. The molecule has 0 radical (unpaired) electrons. The third-order valence-electron chi connectivity index (χ3n) is 10.6. The Morgan fingerprint density at radius 1 is 0.294 bits per heavy atom. The highest BCUT2D eigenvalue weighted by molar-refractivity contribution is 5.69. The normalized spacial score (nSPS) is 11.3. The summed E-state index contributed by atoms with van der Waals surface area (Å²) in [7, 11) is 0. The molecule has 0 amide bonds. The average molecular weight is 723 g/mol. The molecule has 5 heteroatoms. The topological polar surface area (TPSA) is 61.8 Å². The Morgan fingerprint density at radius 2 is 0.529 bits per heavy atom. The zero-order valence-electron chi connectivity index (χ0n) is 34.7. The Kier molecular flexibility index (Phi) is 44.1. The van der Waals surface area contributed by atoms with Crippen molar-refractivity contribution in [2.45, 2.75) is 271 Å². The maximum absolute atomic E-state index is 11.9. The lowest BCUT2D eigenvalue weighted by atomic mass is 10.0. The summed E-state index contributed by atoms with van der Waals surface area (Å²) in [5.41, 5.74) is 0. The average Bonchev–Trinajstić information content (AvgIpc) is 3.13. The van der Waals surface area contributed by atoms with Crippen LogP contribution >= 0.6 is 0 Å². The first-order valence-corrected chi connectivity index (χ1v) is 23.2. The second-order valence-electron chi connectivity index (χ2n) is 15.7. The van der Waals surface area contributed by atoms with Gasteiger partial charge in [0.1, 0.15) is 13.2 Å². The standard InChI is InChI=1S/C46H90O5/c1-3-5-7-9-11-13-15-17-19-21-23-25-27-29-31-33-35-37-39-41-45(47)49-43-44-50-51-46(48)42-40-38-36-34-32-30-28-26-24-22-20-18-16-14-12-10-8-6-4-2/h3-44H2,1-2H3. The zero-order chi connectivity index (χ0) is 37.0. The molecule has 0 saturated carbocycles. The largest absolute Gasteiger partial charge is 0.463 e. The van der Waals surface area contributed by atoms with Crippen LogP contribution in [0.1, 0.15) is 271 Å². The summed E-state index contributed by atoms with van der Waals surface area (Å²) >= 11 is 0. The molecule has 0 spiro atoms. The van der Waals surface area contributed by atoms with Crippen LogP contribution in [-0.4, -0.2) is 25.2 Å². The van der Waals surface area contributed by atoms with Gasteiger partial charge in [0.05, 0.1) is 0 Å². The Bertz CT molecular complexity index is 625. The highest BCUT2D eigenvalue weighted by Crippen LogP contribution is 2.17. The molecule has 0 saturated heterocycles. The molecule has 0 N–H and O–H groups in total. The van der Waals surface area contributed by atoms with E-state index < -0.39 is 0 Å². The van der Waals surface area contributed by atoms with Crippen molar-refractivity contribution < 1.29 is 24.1 Å². The Hall–Kier alpha value is -1.10. The van der Waals surface area contributed by atoms with Gasteiger partial charge in [-0.3, -0.25) is 9.68 Å². The van der Waals surface area contributed by atoms with Gasteiger partial charge in [-0.05, 0) is 12.8 Å². The van der Waals surface area contributed by atoms with Gasteiger partial charge in [0.2, 0.25) is 0 Å². The van der Waals surface area contributed by atoms with E-state index in [0.717, 1.165) is 25.7 Å². The molecule has 0 aromatic carbocycles. The van der Waals surface area contributed by atoms with Gasteiger partial charge in [-0.25, -0.2) is 4.79 Å². The molecule has 0 rings (SSSR count). The third-order valence-corrected chi connectivity index (χ3v) is 10.6. The number of esters is 1. The van der Waals surface area contributed by atoms with E-state index in [9.17, 15) is 9.59 Å². The molecule has 0 heterocycles. The number of unbranched alkanes of at least 4 members (excludes halogenated alkanes) is 36. The Morgan fingerprint density at radius 3 is 0.804 bits per heavy atom. The third kappa shape index (κ3) is 45.0. The van der Waals surface area contributed by atoms with Crippen molar-refractivity contribution in [3.63, 3.8) is 0 Å². The molecule has 51 heavy (non-hydrogen) atoms. The van der Waals surface area contributed by atoms with Gasteiger partial charge in [-0.15, -0.1) is 0 Å². The van der Waals surface area contributed by atoms with Gasteiger partial charge >= 0.3 is 11.9 Å². The second kappa shape index (κ2) is 45.1. The van der Waals surface area contributed by atoms with Gasteiger partial charge in [0.15, 0.2) is 0 Å². The minimum atomic E-state index is -0.331. The van der Waals surface area contributed by atoms with Gasteiger partial charge in [-0.1, -0.05) is 245 Å². The first-order chi connectivity index (χ1) is 25.2. The predicted octanol–water partition coefficient (Wildman–Crippen LogP) is 15.6. The van der Waals surface area contributed by atoms with Crippen molar-refractivity contribution in [3.8, 4) is 0 Å². The molecular weight excluding hydrogens is 633 g/mol. The summed E-state index contributed by atoms with van der Waals surface area (Å²) in [4.78, 5) is 33.6. The van der Waals surface area contributed by atoms with Crippen LogP contribution < -0.4 is 0 Å². The number of carbonyl (C=O) groups is 2. The fraction of sp³-hybridized carbons (Fsp3) is 0.957. The number of hydrogen-bond donors (Lipinski definition) is 0. The maximum atomic E-state index is 11.9. The number of hydrogen-bond acceptors (Lipinski definition) is 5. The summed E-state index contributed by atoms with van der Waals surface area (Å²) in [6.45, 7) is 4.80. The summed E-state index contributed by atoms with van der Waals surface area (Å²) in [6, 6.07) is 0. The molecule has 0 aromatic heterocycles. The first kappa shape index (κ1) is 49.9. The number of ether oxygens (including phenoxy) is 1. The molecule has 0 bridgehead atoms. The Labute approximate surface area is 319 Å². The lowest BCUT2D eigenvalue weighted by Crippen LogP contribution is -2.13. The lowest BCUT2D eigenvalue weighted by molar-refractivity contribution is -0.275. The monoisotopic (exact) mass is 723 g/mol. The fourth-order valence-corrected chi connectivity index (χ4v) is 7.11. The molecule has 0 aliphatic heterocycles. The fourth-order valence-electron chi connectivity index (χ4n) is 7.11. The van der Waals surface area contributed by atoms with Crippen LogP contribution in [0.25, 0.3) is 0 Å². The molecule has 0 atom stereocenters. The molecule has 5 nitrogen and oxygen atoms in total. The van der Waals surface area contributed by atoms with Crippen LogP contribution in [0.5, 0.6) is 0 Å². The number of carbonyl (C=O) groups excluding carboxylic acids is 2. The minimum absolute atomic E-state index is 0.0931. The van der Waals surface area contributed by atoms with Gasteiger partial charge in [0.25, 0.3) is 0 Å². The number of rotatable bonds is 44.